The number of Topliss-reactive ketones (excluding diaryl/α,β-unsaturated/α-hetero) is 1. The van der Waals surface area contributed by atoms with E-state index in [-0.39, 0.29) is 0 Å². The van der Waals surface area contributed by atoms with E-state index in [9.17, 15) is 4.79 Å². The predicted octanol–water partition coefficient (Wildman–Crippen LogP) is 4.44. The number of hydrogen-bond acceptors (Lipinski definition) is 4. The molecule has 1 aliphatic rings. The van der Waals surface area contributed by atoms with Crippen LogP contribution in [-0.2, 0) is 6.42 Å². The van der Waals surface area contributed by atoms with E-state index in [1.54, 1.807) is 23.1 Å². The summed E-state index contributed by atoms with van der Waals surface area (Å²) in [4.78, 5) is 17.8. The molecule has 0 unspecified atom stereocenters. The van der Waals surface area contributed by atoms with Crippen molar-refractivity contribution in [2.45, 2.75) is 31.1 Å². The highest BCUT2D eigenvalue weighted by Gasteiger charge is 2.24. The van der Waals surface area contributed by atoms with Gasteiger partial charge in [0.2, 0.25) is 0 Å². The standard InChI is InChI=1S/C15H15NOS2/c1-2-18-13-7-6-11(15-16-8-9-19-15)10-4-3-5-12(17)14(10)13/h6-9H,2-5H2,1H3. The van der Waals surface area contributed by atoms with E-state index in [0.29, 0.717) is 12.2 Å². The third kappa shape index (κ3) is 2.35. The second-order valence-electron chi connectivity index (χ2n) is 4.51. The first-order chi connectivity index (χ1) is 9.31. The van der Waals surface area contributed by atoms with Crippen LogP contribution >= 0.6 is 23.1 Å². The second kappa shape index (κ2) is 5.47. The highest BCUT2D eigenvalue weighted by Crippen LogP contribution is 2.37. The van der Waals surface area contributed by atoms with Gasteiger partial charge in [-0.2, -0.15) is 0 Å². The molecule has 19 heavy (non-hydrogen) atoms. The smallest absolute Gasteiger partial charge is 0.164 e. The molecule has 1 aromatic carbocycles. The molecular weight excluding hydrogens is 274 g/mol. The van der Waals surface area contributed by atoms with Crippen molar-refractivity contribution < 1.29 is 4.79 Å². The molecule has 3 rings (SSSR count). The van der Waals surface area contributed by atoms with Crippen LogP contribution in [-0.4, -0.2) is 16.5 Å². The Balaban J connectivity index is 2.19. The monoisotopic (exact) mass is 289 g/mol. The van der Waals surface area contributed by atoms with E-state index >= 15 is 0 Å². The summed E-state index contributed by atoms with van der Waals surface area (Å²) in [5, 5.41) is 3.01. The van der Waals surface area contributed by atoms with Crippen LogP contribution < -0.4 is 0 Å². The summed E-state index contributed by atoms with van der Waals surface area (Å²) in [5.74, 6) is 1.30. The van der Waals surface area contributed by atoms with Crippen molar-refractivity contribution in [3.63, 3.8) is 0 Å². The van der Waals surface area contributed by atoms with Gasteiger partial charge in [0, 0.05) is 34.0 Å². The fourth-order valence-corrected chi connectivity index (χ4v) is 4.12. The first-order valence-corrected chi connectivity index (χ1v) is 8.39. The van der Waals surface area contributed by atoms with Gasteiger partial charge in [-0.25, -0.2) is 4.98 Å². The van der Waals surface area contributed by atoms with Gasteiger partial charge in [0.15, 0.2) is 5.78 Å². The number of thiazole rings is 1. The van der Waals surface area contributed by atoms with Crippen LogP contribution in [0.3, 0.4) is 0 Å². The maximum atomic E-state index is 12.3. The normalized spacial score (nSPS) is 14.5. The SMILES string of the molecule is CCSc1ccc(-c2nccs2)c2c1C(=O)CCC2. The van der Waals surface area contributed by atoms with E-state index < -0.39 is 0 Å². The Hall–Kier alpha value is -1.13. The number of carbonyl (C=O) groups excluding carboxylic acids is 1. The summed E-state index contributed by atoms with van der Waals surface area (Å²) in [5.41, 5.74) is 3.33. The molecular formula is C15H15NOS2. The minimum absolute atomic E-state index is 0.301. The molecule has 1 heterocycles. The molecule has 0 N–H and O–H groups in total. The van der Waals surface area contributed by atoms with E-state index in [1.165, 1.54) is 5.56 Å². The van der Waals surface area contributed by atoms with Crippen molar-refractivity contribution in [3.05, 3.63) is 34.8 Å². The zero-order valence-electron chi connectivity index (χ0n) is 10.8. The van der Waals surface area contributed by atoms with Gasteiger partial charge in [-0.15, -0.1) is 23.1 Å². The molecule has 0 radical (unpaired) electrons. The molecule has 0 saturated heterocycles. The quantitative estimate of drug-likeness (QED) is 0.782. The molecule has 2 nitrogen and oxygen atoms in total. The Morgan fingerprint density at radius 3 is 3.00 bits per heavy atom. The van der Waals surface area contributed by atoms with E-state index in [4.69, 9.17) is 0 Å². The first-order valence-electron chi connectivity index (χ1n) is 6.53. The molecule has 0 bridgehead atoms. The predicted molar refractivity (Wildman–Crippen MR) is 81.2 cm³/mol. The van der Waals surface area contributed by atoms with Gasteiger partial charge in [-0.1, -0.05) is 13.0 Å². The number of thioether (sulfide) groups is 1. The number of nitrogens with zero attached hydrogens (tertiary/aromatic N) is 1. The Labute approximate surface area is 121 Å². The molecule has 0 atom stereocenters. The van der Waals surface area contributed by atoms with Crippen molar-refractivity contribution in [2.24, 2.45) is 0 Å². The lowest BCUT2D eigenvalue weighted by Gasteiger charge is -2.20. The number of ketones is 1. The molecule has 0 aliphatic heterocycles. The molecule has 4 heteroatoms. The average Bonchev–Trinajstić information content (AvgIpc) is 2.93. The summed E-state index contributed by atoms with van der Waals surface area (Å²) >= 11 is 3.40. The van der Waals surface area contributed by atoms with Crippen molar-refractivity contribution >= 4 is 28.9 Å². The third-order valence-electron chi connectivity index (χ3n) is 3.35. The van der Waals surface area contributed by atoms with E-state index in [1.807, 2.05) is 11.6 Å². The fourth-order valence-electron chi connectivity index (χ4n) is 2.58. The maximum absolute atomic E-state index is 12.3. The number of carbonyl (C=O) groups is 1. The molecule has 0 amide bonds. The Bertz CT molecular complexity index is 605. The Morgan fingerprint density at radius 1 is 1.37 bits per heavy atom. The van der Waals surface area contributed by atoms with Crippen LogP contribution in [0.2, 0.25) is 0 Å². The van der Waals surface area contributed by atoms with Gasteiger partial charge < -0.3 is 0 Å². The highest BCUT2D eigenvalue weighted by atomic mass is 32.2. The zero-order chi connectivity index (χ0) is 13.2. The summed E-state index contributed by atoms with van der Waals surface area (Å²) in [6.45, 7) is 2.12. The third-order valence-corrected chi connectivity index (χ3v) is 5.09. The van der Waals surface area contributed by atoms with Crippen LogP contribution in [0.4, 0.5) is 0 Å². The second-order valence-corrected chi connectivity index (χ2v) is 6.71. The van der Waals surface area contributed by atoms with Gasteiger partial charge in [0.25, 0.3) is 0 Å². The number of benzene rings is 1. The highest BCUT2D eigenvalue weighted by molar-refractivity contribution is 7.99. The number of fused-ring (bicyclic) bond motifs is 1. The lowest BCUT2D eigenvalue weighted by atomic mass is 9.87. The van der Waals surface area contributed by atoms with Crippen molar-refractivity contribution in [1.82, 2.24) is 4.98 Å². The Kier molecular flexibility index (Phi) is 3.71. The van der Waals surface area contributed by atoms with E-state index in [0.717, 1.165) is 39.6 Å². The number of hydrogen-bond donors (Lipinski definition) is 0. The minimum Gasteiger partial charge on any atom is -0.294 e. The van der Waals surface area contributed by atoms with Gasteiger partial charge >= 0.3 is 0 Å². The van der Waals surface area contributed by atoms with Gasteiger partial charge in [-0.05, 0) is 30.2 Å². The number of aromatic nitrogens is 1. The van der Waals surface area contributed by atoms with Crippen LogP contribution in [0.5, 0.6) is 0 Å². The molecule has 98 valence electrons. The molecule has 0 saturated carbocycles. The van der Waals surface area contributed by atoms with Crippen LogP contribution in [0.1, 0.15) is 35.7 Å². The molecule has 1 aromatic heterocycles. The minimum atomic E-state index is 0.301. The average molecular weight is 289 g/mol. The summed E-state index contributed by atoms with van der Waals surface area (Å²) in [6.07, 6.45) is 4.47. The topological polar surface area (TPSA) is 30.0 Å². The maximum Gasteiger partial charge on any atom is 0.164 e. The molecule has 1 aliphatic carbocycles. The summed E-state index contributed by atoms with van der Waals surface area (Å²) in [6, 6.07) is 4.22. The van der Waals surface area contributed by atoms with Crippen molar-refractivity contribution in [3.8, 4) is 10.6 Å². The van der Waals surface area contributed by atoms with Crippen LogP contribution in [0.25, 0.3) is 10.6 Å². The molecule has 0 spiro atoms. The van der Waals surface area contributed by atoms with Gasteiger partial charge in [-0.3, -0.25) is 4.79 Å². The first kappa shape index (κ1) is 12.9. The molecule has 2 aromatic rings. The van der Waals surface area contributed by atoms with Gasteiger partial charge in [0.1, 0.15) is 5.01 Å². The molecule has 0 fully saturated rings. The summed E-state index contributed by atoms with van der Waals surface area (Å²) < 4.78 is 0. The van der Waals surface area contributed by atoms with Crippen molar-refractivity contribution in [1.29, 1.82) is 0 Å². The summed E-state index contributed by atoms with van der Waals surface area (Å²) in [7, 11) is 0. The lowest BCUT2D eigenvalue weighted by molar-refractivity contribution is 0.0969. The van der Waals surface area contributed by atoms with Crippen LogP contribution in [0, 0.1) is 0 Å². The zero-order valence-corrected chi connectivity index (χ0v) is 12.4. The Morgan fingerprint density at radius 2 is 2.26 bits per heavy atom. The largest absolute Gasteiger partial charge is 0.294 e. The van der Waals surface area contributed by atoms with E-state index in [2.05, 4.69) is 24.0 Å². The fraction of sp³-hybridized carbons (Fsp3) is 0.333. The lowest BCUT2D eigenvalue weighted by Crippen LogP contribution is -2.13. The van der Waals surface area contributed by atoms with Gasteiger partial charge in [0.05, 0.1) is 0 Å². The van der Waals surface area contributed by atoms with Crippen molar-refractivity contribution in [2.75, 3.05) is 5.75 Å². The van der Waals surface area contributed by atoms with Crippen LogP contribution in [0.15, 0.2) is 28.6 Å². The number of rotatable bonds is 3.